The number of aromatic nitrogens is 4. The third-order valence-electron chi connectivity index (χ3n) is 3.82. The fraction of sp³-hybridized carbons (Fsp3) is 0.308. The van der Waals surface area contributed by atoms with Gasteiger partial charge in [-0.15, -0.1) is 22.0 Å². The number of hydrogen-bond donors (Lipinski definition) is 2. The highest BCUT2D eigenvalue weighted by molar-refractivity contribution is 8.01. The third-order valence-corrected chi connectivity index (χ3v) is 6.18. The minimum atomic E-state index is -1.11. The second-order valence-corrected chi connectivity index (χ2v) is 7.31. The summed E-state index contributed by atoms with van der Waals surface area (Å²) in [7, 11) is 0. The van der Waals surface area contributed by atoms with Crippen LogP contribution in [0.1, 0.15) is 0 Å². The molecular formula is C13H12N6O3S2. The Balaban J connectivity index is 1.60. The zero-order valence-electron chi connectivity index (χ0n) is 12.2. The molecule has 0 aliphatic carbocycles. The van der Waals surface area contributed by atoms with Crippen molar-refractivity contribution in [2.24, 2.45) is 5.73 Å². The normalized spacial score (nSPS) is 23.4. The van der Waals surface area contributed by atoms with Crippen molar-refractivity contribution in [3.05, 3.63) is 29.6 Å². The molecule has 11 heteroatoms. The first-order chi connectivity index (χ1) is 11.6. The lowest BCUT2D eigenvalue weighted by Crippen LogP contribution is -2.68. The van der Waals surface area contributed by atoms with Crippen LogP contribution in [0, 0.1) is 0 Å². The molecule has 0 spiro atoms. The molecule has 0 aromatic carbocycles. The van der Waals surface area contributed by atoms with Crippen LogP contribution in [-0.2, 0) is 9.59 Å². The number of amides is 1. The summed E-state index contributed by atoms with van der Waals surface area (Å²) in [5, 5.41) is 22.0. The van der Waals surface area contributed by atoms with Crippen LogP contribution in [0.3, 0.4) is 0 Å². The van der Waals surface area contributed by atoms with Gasteiger partial charge in [-0.1, -0.05) is 11.8 Å². The monoisotopic (exact) mass is 364 g/mol. The van der Waals surface area contributed by atoms with Gasteiger partial charge in [0.1, 0.15) is 17.1 Å². The van der Waals surface area contributed by atoms with Crippen molar-refractivity contribution >= 4 is 41.0 Å². The molecule has 1 amide bonds. The number of β-lactam (4-membered cyclic amide) rings is 1. The molecule has 0 radical (unpaired) electrons. The maximum absolute atomic E-state index is 11.9. The molecule has 124 valence electrons. The number of carbonyl (C=O) groups is 2. The molecule has 2 atom stereocenters. The predicted octanol–water partition coefficient (Wildman–Crippen LogP) is -0.202. The van der Waals surface area contributed by atoms with Gasteiger partial charge in [0.25, 0.3) is 0 Å². The van der Waals surface area contributed by atoms with E-state index in [0.29, 0.717) is 27.9 Å². The summed E-state index contributed by atoms with van der Waals surface area (Å²) < 4.78 is 1.59. The van der Waals surface area contributed by atoms with Crippen LogP contribution in [0.4, 0.5) is 0 Å². The average Bonchev–Trinajstić information content (AvgIpc) is 3.01. The van der Waals surface area contributed by atoms with E-state index in [4.69, 9.17) is 5.73 Å². The van der Waals surface area contributed by atoms with Crippen LogP contribution in [0.5, 0.6) is 0 Å². The molecule has 9 nitrogen and oxygen atoms in total. The first-order valence-electron chi connectivity index (χ1n) is 7.02. The lowest BCUT2D eigenvalue weighted by Gasteiger charge is -2.48. The van der Waals surface area contributed by atoms with Gasteiger partial charge in [-0.3, -0.25) is 9.69 Å². The van der Waals surface area contributed by atoms with E-state index in [1.807, 2.05) is 0 Å². The number of hydrogen-bond acceptors (Lipinski definition) is 8. The number of aliphatic carboxylic acids is 1. The van der Waals surface area contributed by atoms with Crippen LogP contribution >= 0.6 is 23.5 Å². The predicted molar refractivity (Wildman–Crippen MR) is 87.2 cm³/mol. The van der Waals surface area contributed by atoms with Crippen molar-refractivity contribution < 1.29 is 14.7 Å². The Bertz CT molecular complexity index is 881. The highest BCUT2D eigenvalue weighted by Gasteiger charge is 2.51. The van der Waals surface area contributed by atoms with Crippen LogP contribution in [0.2, 0.25) is 0 Å². The van der Waals surface area contributed by atoms with E-state index in [1.54, 1.807) is 22.8 Å². The van der Waals surface area contributed by atoms with Crippen LogP contribution in [0.25, 0.3) is 5.65 Å². The molecule has 4 heterocycles. The SMILES string of the molecule is NC1C(=O)N2C(C(=O)O)=C(CSc3nnc4cccnn34)CS[C@@H]12. The topological polar surface area (TPSA) is 127 Å². The average molecular weight is 364 g/mol. The first kappa shape index (κ1) is 15.4. The molecule has 2 aliphatic heterocycles. The molecule has 2 aromatic rings. The Morgan fingerprint density at radius 1 is 1.50 bits per heavy atom. The summed E-state index contributed by atoms with van der Waals surface area (Å²) in [6.07, 6.45) is 1.63. The van der Waals surface area contributed by atoms with Crippen molar-refractivity contribution in [2.75, 3.05) is 11.5 Å². The van der Waals surface area contributed by atoms with E-state index in [9.17, 15) is 14.7 Å². The minimum absolute atomic E-state index is 0.0414. The molecule has 1 saturated heterocycles. The Kier molecular flexibility index (Phi) is 3.70. The summed E-state index contributed by atoms with van der Waals surface area (Å²) in [5.41, 5.74) is 7.06. The van der Waals surface area contributed by atoms with Crippen molar-refractivity contribution in [1.82, 2.24) is 24.7 Å². The van der Waals surface area contributed by atoms with Gasteiger partial charge in [0.15, 0.2) is 5.65 Å². The first-order valence-corrected chi connectivity index (χ1v) is 9.06. The maximum Gasteiger partial charge on any atom is 0.352 e. The van der Waals surface area contributed by atoms with E-state index < -0.39 is 12.0 Å². The summed E-state index contributed by atoms with van der Waals surface area (Å²) in [4.78, 5) is 24.8. The Morgan fingerprint density at radius 2 is 2.33 bits per heavy atom. The largest absolute Gasteiger partial charge is 0.477 e. The summed E-state index contributed by atoms with van der Waals surface area (Å²) in [5.74, 6) is -0.555. The molecule has 1 unspecified atom stereocenters. The number of carbonyl (C=O) groups excluding carboxylic acids is 1. The minimum Gasteiger partial charge on any atom is -0.477 e. The molecule has 24 heavy (non-hydrogen) atoms. The van der Waals surface area contributed by atoms with Crippen molar-refractivity contribution in [3.8, 4) is 0 Å². The summed E-state index contributed by atoms with van der Waals surface area (Å²) >= 11 is 2.82. The summed E-state index contributed by atoms with van der Waals surface area (Å²) in [6.45, 7) is 0. The molecule has 0 saturated carbocycles. The van der Waals surface area contributed by atoms with Gasteiger partial charge in [-0.05, 0) is 17.7 Å². The Hall–Kier alpha value is -2.11. The highest BCUT2D eigenvalue weighted by atomic mass is 32.2. The lowest BCUT2D eigenvalue weighted by molar-refractivity contribution is -0.147. The van der Waals surface area contributed by atoms with Crippen LogP contribution in [0.15, 0.2) is 34.8 Å². The quantitative estimate of drug-likeness (QED) is 0.560. The maximum atomic E-state index is 11.9. The van der Waals surface area contributed by atoms with Gasteiger partial charge in [-0.25, -0.2) is 4.79 Å². The van der Waals surface area contributed by atoms with Gasteiger partial charge in [-0.2, -0.15) is 9.61 Å². The van der Waals surface area contributed by atoms with Crippen LogP contribution < -0.4 is 5.73 Å². The van der Waals surface area contributed by atoms with E-state index in [-0.39, 0.29) is 17.0 Å². The Labute approximate surface area is 144 Å². The Morgan fingerprint density at radius 3 is 3.12 bits per heavy atom. The van der Waals surface area contributed by atoms with E-state index in [2.05, 4.69) is 15.3 Å². The standard InChI is InChI=1S/C13H12N6O3S2/c14-8-10(20)18-9(12(21)22)6(4-23-11(8)18)5-24-13-17-16-7-2-1-3-15-19(7)13/h1-3,8,11H,4-5,14H2,(H,21,22)/t8?,11-/m0/s1. The van der Waals surface area contributed by atoms with E-state index in [1.165, 1.54) is 28.4 Å². The fourth-order valence-electron chi connectivity index (χ4n) is 2.66. The molecular weight excluding hydrogens is 352 g/mol. The second-order valence-electron chi connectivity index (χ2n) is 5.26. The van der Waals surface area contributed by atoms with Gasteiger partial charge in [0, 0.05) is 17.7 Å². The zero-order chi connectivity index (χ0) is 16.8. The van der Waals surface area contributed by atoms with Gasteiger partial charge < -0.3 is 10.8 Å². The number of carboxylic acid groups (broad SMARTS) is 1. The number of carboxylic acids is 1. The summed E-state index contributed by atoms with van der Waals surface area (Å²) in [6, 6.07) is 2.93. The number of nitrogens with two attached hydrogens (primary N) is 1. The molecule has 0 bridgehead atoms. The van der Waals surface area contributed by atoms with Gasteiger partial charge in [0.2, 0.25) is 11.1 Å². The third kappa shape index (κ3) is 2.27. The number of thioether (sulfide) groups is 2. The molecule has 2 aromatic heterocycles. The smallest absolute Gasteiger partial charge is 0.352 e. The number of nitrogens with zero attached hydrogens (tertiary/aromatic N) is 5. The highest BCUT2D eigenvalue weighted by Crippen LogP contribution is 2.40. The van der Waals surface area contributed by atoms with Crippen molar-refractivity contribution in [1.29, 1.82) is 0 Å². The van der Waals surface area contributed by atoms with Crippen molar-refractivity contribution in [2.45, 2.75) is 16.6 Å². The molecule has 2 aliphatic rings. The van der Waals surface area contributed by atoms with Gasteiger partial charge in [0.05, 0.1) is 0 Å². The van der Waals surface area contributed by atoms with Crippen LogP contribution in [-0.4, -0.2) is 64.6 Å². The lowest BCUT2D eigenvalue weighted by atomic mass is 10.0. The number of rotatable bonds is 4. The molecule has 1 fully saturated rings. The zero-order valence-corrected chi connectivity index (χ0v) is 13.8. The molecule has 4 rings (SSSR count). The van der Waals surface area contributed by atoms with Gasteiger partial charge >= 0.3 is 5.97 Å². The molecule has 3 N–H and O–H groups in total. The van der Waals surface area contributed by atoms with E-state index >= 15 is 0 Å². The fourth-order valence-corrected chi connectivity index (χ4v) is 4.98. The van der Waals surface area contributed by atoms with E-state index in [0.717, 1.165) is 0 Å². The van der Waals surface area contributed by atoms with Crippen molar-refractivity contribution in [3.63, 3.8) is 0 Å². The second kappa shape index (κ2) is 5.76. The number of fused-ring (bicyclic) bond motifs is 2.